The topological polar surface area (TPSA) is 17.8 Å². The van der Waals surface area contributed by atoms with Gasteiger partial charge in [0.05, 0.1) is 22.4 Å². The van der Waals surface area contributed by atoms with Crippen LogP contribution in [0.1, 0.15) is 0 Å². The van der Waals surface area contributed by atoms with Gasteiger partial charge < -0.3 is 4.57 Å². The van der Waals surface area contributed by atoms with Gasteiger partial charge in [0, 0.05) is 47.8 Å². The van der Waals surface area contributed by atoms with Gasteiger partial charge in [-0.15, -0.1) is 11.3 Å². The van der Waals surface area contributed by atoms with Crippen molar-refractivity contribution in [1.29, 1.82) is 0 Å². The van der Waals surface area contributed by atoms with Gasteiger partial charge in [-0.25, -0.2) is 4.98 Å². The number of aromatic nitrogens is 2. The number of nitrogens with zero attached hydrogens (tertiary/aromatic N) is 2. The highest BCUT2D eigenvalue weighted by Crippen LogP contribution is 2.41. The van der Waals surface area contributed by atoms with Gasteiger partial charge in [0.1, 0.15) is 0 Å². The van der Waals surface area contributed by atoms with E-state index < -0.39 is 0 Å². The lowest BCUT2D eigenvalue weighted by Crippen LogP contribution is -1.96. The zero-order valence-corrected chi connectivity index (χ0v) is 27.9. The normalized spacial score (nSPS) is 11.6. The number of para-hydroxylation sites is 2. The van der Waals surface area contributed by atoms with Crippen LogP contribution >= 0.6 is 11.3 Å². The molecule has 0 aliphatic rings. The smallest absolute Gasteiger partial charge is 0.0730 e. The van der Waals surface area contributed by atoms with E-state index in [-0.39, 0.29) is 0 Å². The monoisotopic (exact) mass is 654 g/mol. The molecule has 0 amide bonds. The van der Waals surface area contributed by atoms with Gasteiger partial charge in [0.25, 0.3) is 0 Å². The van der Waals surface area contributed by atoms with Gasteiger partial charge in [-0.3, -0.25) is 0 Å². The molecule has 0 aliphatic heterocycles. The van der Waals surface area contributed by atoms with Crippen molar-refractivity contribution >= 4 is 53.3 Å². The van der Waals surface area contributed by atoms with E-state index in [1.54, 1.807) is 0 Å². The lowest BCUT2D eigenvalue weighted by molar-refractivity contribution is 1.18. The zero-order chi connectivity index (χ0) is 33.0. The predicted octanol–water partition coefficient (Wildman–Crippen LogP) is 13.2. The van der Waals surface area contributed by atoms with Crippen LogP contribution in [-0.4, -0.2) is 9.55 Å². The molecule has 3 aromatic heterocycles. The van der Waals surface area contributed by atoms with E-state index in [9.17, 15) is 0 Å². The molecular formula is C47H30N2S. The van der Waals surface area contributed by atoms with Gasteiger partial charge >= 0.3 is 0 Å². The lowest BCUT2D eigenvalue weighted by atomic mass is 9.96. The van der Waals surface area contributed by atoms with Crippen LogP contribution < -0.4 is 0 Å². The van der Waals surface area contributed by atoms with Crippen LogP contribution in [0.15, 0.2) is 182 Å². The molecule has 0 saturated heterocycles. The van der Waals surface area contributed by atoms with Gasteiger partial charge in [-0.1, -0.05) is 133 Å². The number of thiophene rings is 1. The lowest BCUT2D eigenvalue weighted by Gasteiger charge is -2.14. The largest absolute Gasteiger partial charge is 0.309 e. The summed E-state index contributed by atoms with van der Waals surface area (Å²) in [6, 6.07) is 65.5. The molecule has 0 spiro atoms. The molecule has 234 valence electrons. The summed E-state index contributed by atoms with van der Waals surface area (Å²) in [5.74, 6) is 0. The fraction of sp³-hybridized carbons (Fsp3) is 0. The molecule has 0 fully saturated rings. The molecule has 3 heteroatoms. The fourth-order valence-electron chi connectivity index (χ4n) is 7.45. The molecule has 0 radical (unpaired) electrons. The van der Waals surface area contributed by atoms with Crippen LogP contribution in [0.5, 0.6) is 0 Å². The maximum Gasteiger partial charge on any atom is 0.0730 e. The van der Waals surface area contributed by atoms with Crippen molar-refractivity contribution in [2.24, 2.45) is 0 Å². The molecule has 0 atom stereocenters. The Morgan fingerprint density at radius 3 is 1.76 bits per heavy atom. The summed E-state index contributed by atoms with van der Waals surface area (Å²) in [7, 11) is 0. The highest BCUT2D eigenvalue weighted by molar-refractivity contribution is 7.26. The standard InChI is InChI=1S/C47H30N2S/c1-2-13-31(14-3-1)32-15-10-16-33(27-32)35-29-42(48-43(30-35)41-23-12-22-40-39-21-6-9-26-46(39)50-47(40)41)34-17-11-18-36(28-34)49-44-24-7-4-19-37(44)38-20-5-8-25-45(38)49/h1-30H. The summed E-state index contributed by atoms with van der Waals surface area (Å²) in [4.78, 5) is 5.44. The SMILES string of the molecule is c1ccc(-c2cccc(-c3cc(-c4cccc(-n5c6ccccc6c6ccccc65)c4)nc(-c4cccc5c4sc4ccccc45)c3)c2)cc1. The predicted molar refractivity (Wildman–Crippen MR) is 213 cm³/mol. The third kappa shape index (κ3) is 4.74. The molecule has 10 rings (SSSR count). The Kier molecular flexibility index (Phi) is 6.71. The summed E-state index contributed by atoms with van der Waals surface area (Å²) in [6.45, 7) is 0. The number of hydrogen-bond acceptors (Lipinski definition) is 2. The molecule has 0 saturated carbocycles. The Morgan fingerprint density at radius 1 is 0.380 bits per heavy atom. The molecule has 3 heterocycles. The van der Waals surface area contributed by atoms with E-state index in [1.165, 1.54) is 58.7 Å². The molecule has 2 nitrogen and oxygen atoms in total. The average molecular weight is 655 g/mol. The summed E-state index contributed by atoms with van der Waals surface area (Å²) in [5.41, 5.74) is 12.4. The Bertz CT molecular complexity index is 2820. The minimum absolute atomic E-state index is 0.948. The molecule has 0 aliphatic carbocycles. The van der Waals surface area contributed by atoms with E-state index >= 15 is 0 Å². The second kappa shape index (κ2) is 11.7. The van der Waals surface area contributed by atoms with Crippen molar-refractivity contribution in [2.75, 3.05) is 0 Å². The van der Waals surface area contributed by atoms with Crippen LogP contribution in [0.2, 0.25) is 0 Å². The second-order valence-corrected chi connectivity index (χ2v) is 13.8. The summed E-state index contributed by atoms with van der Waals surface area (Å²) >= 11 is 1.85. The van der Waals surface area contributed by atoms with Gasteiger partial charge in [0.15, 0.2) is 0 Å². The third-order valence-corrected chi connectivity index (χ3v) is 11.0. The van der Waals surface area contributed by atoms with Crippen molar-refractivity contribution in [1.82, 2.24) is 9.55 Å². The quantitative estimate of drug-likeness (QED) is 0.181. The third-order valence-electron chi connectivity index (χ3n) is 9.79. The van der Waals surface area contributed by atoms with Crippen LogP contribution in [0.25, 0.3) is 92.4 Å². The first-order valence-electron chi connectivity index (χ1n) is 17.0. The highest BCUT2D eigenvalue weighted by atomic mass is 32.1. The van der Waals surface area contributed by atoms with Gasteiger partial charge in [0.2, 0.25) is 0 Å². The Morgan fingerprint density at radius 2 is 0.960 bits per heavy atom. The maximum atomic E-state index is 5.44. The fourth-order valence-corrected chi connectivity index (χ4v) is 8.67. The van der Waals surface area contributed by atoms with Crippen LogP contribution in [0.3, 0.4) is 0 Å². The summed E-state index contributed by atoms with van der Waals surface area (Å²) in [6.07, 6.45) is 0. The van der Waals surface area contributed by atoms with Crippen molar-refractivity contribution < 1.29 is 0 Å². The molecule has 0 unspecified atom stereocenters. The van der Waals surface area contributed by atoms with E-state index in [4.69, 9.17) is 4.98 Å². The molecule has 0 bridgehead atoms. The van der Waals surface area contributed by atoms with Crippen molar-refractivity contribution in [3.63, 3.8) is 0 Å². The minimum Gasteiger partial charge on any atom is -0.309 e. The Balaban J connectivity index is 1.19. The van der Waals surface area contributed by atoms with Gasteiger partial charge in [-0.05, 0) is 70.8 Å². The van der Waals surface area contributed by atoms with E-state index in [0.29, 0.717) is 0 Å². The summed E-state index contributed by atoms with van der Waals surface area (Å²) in [5, 5.41) is 5.08. The number of rotatable bonds is 5. The maximum absolute atomic E-state index is 5.44. The number of hydrogen-bond donors (Lipinski definition) is 0. The van der Waals surface area contributed by atoms with Crippen LogP contribution in [0.4, 0.5) is 0 Å². The average Bonchev–Trinajstić information content (AvgIpc) is 3.74. The van der Waals surface area contributed by atoms with Crippen LogP contribution in [-0.2, 0) is 0 Å². The second-order valence-electron chi connectivity index (χ2n) is 12.8. The van der Waals surface area contributed by atoms with E-state index in [0.717, 1.165) is 33.8 Å². The van der Waals surface area contributed by atoms with Crippen molar-refractivity contribution in [2.45, 2.75) is 0 Å². The Hall–Kier alpha value is -6.29. The number of fused-ring (bicyclic) bond motifs is 6. The van der Waals surface area contributed by atoms with Gasteiger partial charge in [-0.2, -0.15) is 0 Å². The Labute approximate surface area is 294 Å². The highest BCUT2D eigenvalue weighted by Gasteiger charge is 2.16. The minimum atomic E-state index is 0.948. The number of benzene rings is 7. The first-order chi connectivity index (χ1) is 24.8. The molecule has 10 aromatic rings. The van der Waals surface area contributed by atoms with E-state index in [1.807, 2.05) is 11.3 Å². The van der Waals surface area contributed by atoms with Crippen LogP contribution in [0, 0.1) is 0 Å². The van der Waals surface area contributed by atoms with Crippen molar-refractivity contribution in [3.05, 3.63) is 182 Å². The molecular weight excluding hydrogens is 625 g/mol. The summed E-state index contributed by atoms with van der Waals surface area (Å²) < 4.78 is 4.93. The molecule has 0 N–H and O–H groups in total. The molecule has 7 aromatic carbocycles. The zero-order valence-electron chi connectivity index (χ0n) is 27.1. The van der Waals surface area contributed by atoms with E-state index in [2.05, 4.69) is 187 Å². The molecule has 50 heavy (non-hydrogen) atoms. The first kappa shape index (κ1) is 28.7. The van der Waals surface area contributed by atoms with Crippen molar-refractivity contribution in [3.8, 4) is 50.5 Å². The first-order valence-corrected chi connectivity index (χ1v) is 17.8. The number of pyridine rings is 1.